The highest BCUT2D eigenvalue weighted by Crippen LogP contribution is 2.38. The average Bonchev–Trinajstić information content (AvgIpc) is 2.88. The molecule has 0 aliphatic carbocycles. The zero-order valence-electron chi connectivity index (χ0n) is 19.4. The highest BCUT2D eigenvalue weighted by molar-refractivity contribution is 9.10. The van der Waals surface area contributed by atoms with Crippen LogP contribution in [0.5, 0.6) is 11.5 Å². The number of amides is 1. The number of nitrogens with zero attached hydrogens (tertiary/aromatic N) is 1. The Bertz CT molecular complexity index is 1480. The normalized spacial score (nSPS) is 11.1. The SMILES string of the molecule is CCOc1cc(/C=C(/C#N)c2ccc3ccccc3c2)cc(Br)c1OCC(=O)Nc1ccc(F)cc1. The maximum atomic E-state index is 13.1. The van der Waals surface area contributed by atoms with Crippen LogP contribution in [0.1, 0.15) is 18.1 Å². The van der Waals surface area contributed by atoms with Crippen LogP contribution >= 0.6 is 15.9 Å². The summed E-state index contributed by atoms with van der Waals surface area (Å²) in [5, 5.41) is 14.6. The summed E-state index contributed by atoms with van der Waals surface area (Å²) in [4.78, 5) is 12.3. The Hall–Kier alpha value is -4.15. The number of halogens is 2. The predicted octanol–water partition coefficient (Wildman–Crippen LogP) is 7.22. The molecule has 1 amide bonds. The maximum absolute atomic E-state index is 13.1. The van der Waals surface area contributed by atoms with E-state index >= 15 is 0 Å². The lowest BCUT2D eigenvalue weighted by molar-refractivity contribution is -0.118. The molecule has 0 bridgehead atoms. The van der Waals surface area contributed by atoms with E-state index in [0.717, 1.165) is 21.9 Å². The number of rotatable bonds is 8. The van der Waals surface area contributed by atoms with Crippen LogP contribution in [-0.2, 0) is 4.79 Å². The molecule has 4 rings (SSSR count). The van der Waals surface area contributed by atoms with Crippen LogP contribution in [0.25, 0.3) is 22.4 Å². The molecule has 7 heteroatoms. The summed E-state index contributed by atoms with van der Waals surface area (Å²) in [6, 6.07) is 25.2. The van der Waals surface area contributed by atoms with Crippen LogP contribution in [0.3, 0.4) is 0 Å². The van der Waals surface area contributed by atoms with Crippen molar-refractivity contribution in [3.63, 3.8) is 0 Å². The van der Waals surface area contributed by atoms with Gasteiger partial charge in [0.15, 0.2) is 18.1 Å². The fraction of sp³-hybridized carbons (Fsp3) is 0.103. The molecule has 4 aromatic carbocycles. The lowest BCUT2D eigenvalue weighted by Gasteiger charge is -2.15. The molecule has 180 valence electrons. The van der Waals surface area contributed by atoms with Crippen LogP contribution in [-0.4, -0.2) is 19.1 Å². The molecule has 0 saturated carbocycles. The molecular formula is C29H22BrFN2O3. The quantitative estimate of drug-likeness (QED) is 0.188. The molecule has 0 aliphatic heterocycles. The minimum atomic E-state index is -0.400. The Balaban J connectivity index is 1.56. The average molecular weight is 545 g/mol. The maximum Gasteiger partial charge on any atom is 0.262 e. The van der Waals surface area contributed by atoms with Crippen molar-refractivity contribution in [2.45, 2.75) is 6.92 Å². The molecule has 0 radical (unpaired) electrons. The molecule has 0 spiro atoms. The summed E-state index contributed by atoms with van der Waals surface area (Å²) < 4.78 is 25.2. The van der Waals surface area contributed by atoms with Crippen molar-refractivity contribution in [1.82, 2.24) is 0 Å². The fourth-order valence-corrected chi connectivity index (χ4v) is 4.22. The molecule has 36 heavy (non-hydrogen) atoms. The van der Waals surface area contributed by atoms with Crippen molar-refractivity contribution in [3.05, 3.63) is 100 Å². The number of hydrogen-bond donors (Lipinski definition) is 1. The zero-order chi connectivity index (χ0) is 25.5. The summed E-state index contributed by atoms with van der Waals surface area (Å²) in [7, 11) is 0. The summed E-state index contributed by atoms with van der Waals surface area (Å²) in [6.45, 7) is 1.95. The molecule has 0 aromatic heterocycles. The number of carbonyl (C=O) groups excluding carboxylic acids is 1. The van der Waals surface area contributed by atoms with Gasteiger partial charge < -0.3 is 14.8 Å². The van der Waals surface area contributed by atoms with Crippen molar-refractivity contribution in [3.8, 4) is 17.6 Å². The number of hydrogen-bond acceptors (Lipinski definition) is 4. The number of ether oxygens (including phenoxy) is 2. The third-order valence-corrected chi connectivity index (χ3v) is 5.89. The largest absolute Gasteiger partial charge is 0.490 e. The number of carbonyl (C=O) groups is 1. The first-order chi connectivity index (χ1) is 17.5. The van der Waals surface area contributed by atoms with E-state index in [-0.39, 0.29) is 12.4 Å². The molecule has 0 heterocycles. The van der Waals surface area contributed by atoms with E-state index in [1.807, 2.05) is 49.4 Å². The van der Waals surface area contributed by atoms with E-state index in [2.05, 4.69) is 27.3 Å². The number of fused-ring (bicyclic) bond motifs is 1. The Kier molecular flexibility index (Phi) is 7.99. The molecule has 0 atom stereocenters. The van der Waals surface area contributed by atoms with Crippen molar-refractivity contribution < 1.29 is 18.7 Å². The van der Waals surface area contributed by atoms with Gasteiger partial charge in [0.1, 0.15) is 5.82 Å². The topological polar surface area (TPSA) is 71.3 Å². The second kappa shape index (κ2) is 11.5. The molecular weight excluding hydrogens is 523 g/mol. The molecule has 0 aliphatic rings. The standard InChI is InChI=1S/C29H22BrFN2O3/c1-2-35-27-15-19(13-23(17-32)22-8-7-20-5-3-4-6-21(20)16-22)14-26(30)29(27)36-18-28(34)33-25-11-9-24(31)10-12-25/h3-16H,2,18H2,1H3,(H,33,34)/b23-13-. The summed E-state index contributed by atoms with van der Waals surface area (Å²) >= 11 is 3.50. The lowest BCUT2D eigenvalue weighted by Crippen LogP contribution is -2.20. The van der Waals surface area contributed by atoms with Crippen molar-refractivity contribution in [2.75, 3.05) is 18.5 Å². The third-order valence-electron chi connectivity index (χ3n) is 5.30. The fourth-order valence-electron chi connectivity index (χ4n) is 3.65. The van der Waals surface area contributed by atoms with E-state index in [9.17, 15) is 14.4 Å². The molecule has 4 aromatic rings. The highest BCUT2D eigenvalue weighted by Gasteiger charge is 2.15. The Morgan fingerprint density at radius 2 is 1.78 bits per heavy atom. The van der Waals surface area contributed by atoms with E-state index in [4.69, 9.17) is 9.47 Å². The first-order valence-corrected chi connectivity index (χ1v) is 12.0. The van der Waals surface area contributed by atoms with Crippen LogP contribution in [0.15, 0.2) is 83.3 Å². The minimum Gasteiger partial charge on any atom is -0.490 e. The summed E-state index contributed by atoms with van der Waals surface area (Å²) in [5.74, 6) is 0.0165. The number of anilines is 1. The Morgan fingerprint density at radius 3 is 2.50 bits per heavy atom. The molecule has 0 fully saturated rings. The smallest absolute Gasteiger partial charge is 0.262 e. The summed E-state index contributed by atoms with van der Waals surface area (Å²) in [5.41, 5.74) is 2.51. The second-order valence-corrected chi connectivity index (χ2v) is 8.69. The van der Waals surface area contributed by atoms with E-state index in [1.54, 1.807) is 18.2 Å². The van der Waals surface area contributed by atoms with Gasteiger partial charge in [-0.3, -0.25) is 4.79 Å². The number of benzene rings is 4. The number of nitrogens with one attached hydrogen (secondary N) is 1. The first kappa shape index (κ1) is 25.0. The van der Waals surface area contributed by atoms with Crippen molar-refractivity contribution in [1.29, 1.82) is 5.26 Å². The van der Waals surface area contributed by atoms with E-state index < -0.39 is 5.91 Å². The molecule has 0 saturated heterocycles. The lowest BCUT2D eigenvalue weighted by atomic mass is 10.00. The highest BCUT2D eigenvalue weighted by atomic mass is 79.9. The van der Waals surface area contributed by atoms with E-state index in [1.165, 1.54) is 24.3 Å². The molecule has 1 N–H and O–H groups in total. The van der Waals surface area contributed by atoms with Gasteiger partial charge in [-0.1, -0.05) is 36.4 Å². The predicted molar refractivity (Wildman–Crippen MR) is 143 cm³/mol. The van der Waals surface area contributed by atoms with Gasteiger partial charge in [-0.25, -0.2) is 4.39 Å². The van der Waals surface area contributed by atoms with Crippen LogP contribution < -0.4 is 14.8 Å². The van der Waals surface area contributed by atoms with Crippen molar-refractivity contribution >= 4 is 49.9 Å². The minimum absolute atomic E-state index is 0.272. The van der Waals surface area contributed by atoms with Gasteiger partial charge in [0, 0.05) is 5.69 Å². The first-order valence-electron chi connectivity index (χ1n) is 11.2. The van der Waals surface area contributed by atoms with Gasteiger partial charge in [-0.05, 0) is 93.3 Å². The van der Waals surface area contributed by atoms with Gasteiger partial charge in [-0.15, -0.1) is 0 Å². The van der Waals surface area contributed by atoms with Gasteiger partial charge in [0.05, 0.1) is 22.7 Å². The number of allylic oxidation sites excluding steroid dienone is 1. The number of nitriles is 1. The van der Waals surface area contributed by atoms with Gasteiger partial charge in [-0.2, -0.15) is 5.26 Å². The third kappa shape index (κ3) is 6.09. The molecule has 0 unspecified atom stereocenters. The Morgan fingerprint density at radius 1 is 1.03 bits per heavy atom. The van der Waals surface area contributed by atoms with Crippen molar-refractivity contribution in [2.24, 2.45) is 0 Å². The van der Waals surface area contributed by atoms with Crippen LogP contribution in [0, 0.1) is 17.1 Å². The summed E-state index contributed by atoms with van der Waals surface area (Å²) in [6.07, 6.45) is 1.78. The van der Waals surface area contributed by atoms with E-state index in [0.29, 0.717) is 33.8 Å². The second-order valence-electron chi connectivity index (χ2n) is 7.84. The zero-order valence-corrected chi connectivity index (χ0v) is 21.0. The van der Waals surface area contributed by atoms with Gasteiger partial charge >= 0.3 is 0 Å². The molecule has 5 nitrogen and oxygen atoms in total. The van der Waals surface area contributed by atoms with Gasteiger partial charge in [0.2, 0.25) is 0 Å². The van der Waals surface area contributed by atoms with Crippen LogP contribution in [0.4, 0.5) is 10.1 Å². The van der Waals surface area contributed by atoms with Crippen LogP contribution in [0.2, 0.25) is 0 Å². The van der Waals surface area contributed by atoms with Gasteiger partial charge in [0.25, 0.3) is 5.91 Å². The Labute approximate surface area is 216 Å². The monoisotopic (exact) mass is 544 g/mol.